The molecular formula is C21H20F5N7O. The van der Waals surface area contributed by atoms with Crippen LogP contribution in [-0.2, 0) is 17.5 Å². The van der Waals surface area contributed by atoms with Gasteiger partial charge in [-0.3, -0.25) is 4.79 Å². The molecule has 5 rings (SSSR count). The molecule has 2 fully saturated rings. The molecule has 2 aliphatic heterocycles. The predicted molar refractivity (Wildman–Crippen MR) is 111 cm³/mol. The number of hydrogen-bond acceptors (Lipinski definition) is 6. The van der Waals surface area contributed by atoms with Gasteiger partial charge in [-0.05, 0) is 31.4 Å². The summed E-state index contributed by atoms with van der Waals surface area (Å²) >= 11 is 0. The van der Waals surface area contributed by atoms with Crippen LogP contribution in [0.4, 0.5) is 33.5 Å². The minimum absolute atomic E-state index is 0.146. The molecule has 34 heavy (non-hydrogen) atoms. The number of alkyl halides is 5. The van der Waals surface area contributed by atoms with E-state index in [1.54, 1.807) is 0 Å². The Morgan fingerprint density at radius 3 is 2.71 bits per heavy atom. The van der Waals surface area contributed by atoms with Gasteiger partial charge >= 0.3 is 6.18 Å². The zero-order valence-electron chi connectivity index (χ0n) is 17.8. The molecule has 2 saturated heterocycles. The number of carbonyl (C=O) groups is 1. The van der Waals surface area contributed by atoms with E-state index in [0.717, 1.165) is 10.9 Å². The number of carbonyl (C=O) groups excluding carboxylic acids is 1. The molecule has 0 bridgehead atoms. The lowest BCUT2D eigenvalue weighted by Gasteiger charge is -2.39. The van der Waals surface area contributed by atoms with Crippen molar-refractivity contribution in [3.8, 4) is 0 Å². The summed E-state index contributed by atoms with van der Waals surface area (Å²) in [7, 11) is 0. The highest BCUT2D eigenvalue weighted by Gasteiger charge is 2.51. The Kier molecular flexibility index (Phi) is 5.36. The highest BCUT2D eigenvalue weighted by molar-refractivity contribution is 6.01. The van der Waals surface area contributed by atoms with E-state index < -0.39 is 30.3 Å². The smallest absolute Gasteiger partial charge is 0.354 e. The fourth-order valence-electron chi connectivity index (χ4n) is 4.85. The molecule has 3 aromatic rings. The van der Waals surface area contributed by atoms with Crippen LogP contribution >= 0.6 is 0 Å². The number of fused-ring (bicyclic) bond motifs is 1. The molecule has 8 nitrogen and oxygen atoms in total. The first-order valence-electron chi connectivity index (χ1n) is 10.7. The molecule has 1 amide bonds. The van der Waals surface area contributed by atoms with Gasteiger partial charge in [0.25, 0.3) is 6.43 Å². The molecule has 0 N–H and O–H groups in total. The number of hydrogen-bond donors (Lipinski definition) is 0. The number of piperidine rings is 1. The summed E-state index contributed by atoms with van der Waals surface area (Å²) in [5.41, 5.74) is -1.63. The molecule has 0 aromatic carbocycles. The van der Waals surface area contributed by atoms with E-state index in [1.807, 2.05) is 4.90 Å². The molecule has 0 aliphatic carbocycles. The van der Waals surface area contributed by atoms with E-state index in [0.29, 0.717) is 37.1 Å². The van der Waals surface area contributed by atoms with E-state index in [4.69, 9.17) is 0 Å². The second kappa shape index (κ2) is 8.13. The number of anilines is 2. The Morgan fingerprint density at radius 2 is 1.94 bits per heavy atom. The van der Waals surface area contributed by atoms with Gasteiger partial charge in [0, 0.05) is 25.8 Å². The first kappa shape index (κ1) is 22.4. The summed E-state index contributed by atoms with van der Waals surface area (Å²) in [6, 6.07) is 2.64. The second-order valence-corrected chi connectivity index (χ2v) is 8.54. The lowest BCUT2D eigenvalue weighted by Crippen LogP contribution is -2.48. The Balaban J connectivity index is 1.42. The maximum atomic E-state index is 13.5. The van der Waals surface area contributed by atoms with Crippen LogP contribution < -0.4 is 9.80 Å². The van der Waals surface area contributed by atoms with E-state index in [-0.39, 0.29) is 30.3 Å². The summed E-state index contributed by atoms with van der Waals surface area (Å²) in [5, 5.41) is 3.91. The largest absolute Gasteiger partial charge is 0.435 e. The molecule has 0 saturated carbocycles. The van der Waals surface area contributed by atoms with Crippen molar-refractivity contribution in [2.45, 2.75) is 38.4 Å². The SMILES string of the molecule is O=C1N(c2cccnc2C(F)(F)F)CCC12CCCN(c1cnc3cnn(CC(F)F)c3n1)C2. The molecule has 3 aromatic heterocycles. The lowest BCUT2D eigenvalue weighted by atomic mass is 9.78. The molecule has 5 heterocycles. The molecule has 13 heteroatoms. The van der Waals surface area contributed by atoms with Crippen LogP contribution in [0.25, 0.3) is 11.2 Å². The Bertz CT molecular complexity index is 1230. The average molecular weight is 481 g/mol. The van der Waals surface area contributed by atoms with Gasteiger partial charge in [-0.2, -0.15) is 18.3 Å². The van der Waals surface area contributed by atoms with Crippen molar-refractivity contribution in [3.05, 3.63) is 36.4 Å². The first-order chi connectivity index (χ1) is 16.2. The topological polar surface area (TPSA) is 80.0 Å². The van der Waals surface area contributed by atoms with Crippen molar-refractivity contribution in [2.75, 3.05) is 29.4 Å². The van der Waals surface area contributed by atoms with Gasteiger partial charge in [0.15, 0.2) is 11.3 Å². The summed E-state index contributed by atoms with van der Waals surface area (Å²) in [4.78, 5) is 28.7. The highest BCUT2D eigenvalue weighted by atomic mass is 19.4. The van der Waals surface area contributed by atoms with E-state index in [2.05, 4.69) is 20.1 Å². The van der Waals surface area contributed by atoms with Crippen molar-refractivity contribution in [1.29, 1.82) is 0 Å². The monoisotopic (exact) mass is 481 g/mol. The quantitative estimate of drug-likeness (QED) is 0.531. The number of amides is 1. The summed E-state index contributed by atoms with van der Waals surface area (Å²) in [6.45, 7) is 0.324. The van der Waals surface area contributed by atoms with Gasteiger partial charge in [-0.1, -0.05) is 0 Å². The van der Waals surface area contributed by atoms with Crippen molar-refractivity contribution in [3.63, 3.8) is 0 Å². The molecule has 0 radical (unpaired) electrons. The maximum Gasteiger partial charge on any atom is 0.435 e. The Labute approximate surface area is 190 Å². The van der Waals surface area contributed by atoms with E-state index in [1.165, 1.54) is 29.4 Å². The zero-order chi connectivity index (χ0) is 24.1. The number of rotatable bonds is 4. The minimum atomic E-state index is -4.68. The zero-order valence-corrected chi connectivity index (χ0v) is 17.8. The van der Waals surface area contributed by atoms with Crippen LogP contribution in [0.5, 0.6) is 0 Å². The maximum absolute atomic E-state index is 13.5. The molecule has 1 unspecified atom stereocenters. The van der Waals surface area contributed by atoms with E-state index in [9.17, 15) is 26.7 Å². The number of halogens is 5. The fraction of sp³-hybridized carbons (Fsp3) is 0.476. The third kappa shape index (κ3) is 3.82. The van der Waals surface area contributed by atoms with Gasteiger partial charge in [0.2, 0.25) is 5.91 Å². The van der Waals surface area contributed by atoms with Crippen LogP contribution in [0.2, 0.25) is 0 Å². The summed E-state index contributed by atoms with van der Waals surface area (Å²) < 4.78 is 67.3. The van der Waals surface area contributed by atoms with Crippen molar-refractivity contribution < 1.29 is 26.7 Å². The third-order valence-electron chi connectivity index (χ3n) is 6.40. The van der Waals surface area contributed by atoms with Crippen molar-refractivity contribution in [1.82, 2.24) is 24.7 Å². The van der Waals surface area contributed by atoms with Crippen molar-refractivity contribution in [2.24, 2.45) is 5.41 Å². The summed E-state index contributed by atoms with van der Waals surface area (Å²) in [6.07, 6.45) is -1.85. The van der Waals surface area contributed by atoms with E-state index >= 15 is 0 Å². The number of nitrogens with zero attached hydrogens (tertiary/aromatic N) is 7. The van der Waals surface area contributed by atoms with Crippen LogP contribution in [0, 0.1) is 5.41 Å². The van der Waals surface area contributed by atoms with Crippen LogP contribution in [0.15, 0.2) is 30.7 Å². The fourth-order valence-corrected chi connectivity index (χ4v) is 4.85. The van der Waals surface area contributed by atoms with Crippen LogP contribution in [0.3, 0.4) is 0 Å². The van der Waals surface area contributed by atoms with Gasteiger partial charge in [-0.25, -0.2) is 28.4 Å². The van der Waals surface area contributed by atoms with Crippen molar-refractivity contribution >= 4 is 28.6 Å². The third-order valence-corrected chi connectivity index (χ3v) is 6.40. The highest BCUT2D eigenvalue weighted by Crippen LogP contribution is 2.45. The molecule has 1 spiro atoms. The average Bonchev–Trinajstić information content (AvgIpc) is 3.33. The van der Waals surface area contributed by atoms with Gasteiger partial charge in [0.05, 0.1) is 23.5 Å². The van der Waals surface area contributed by atoms with Gasteiger partial charge in [0.1, 0.15) is 17.9 Å². The van der Waals surface area contributed by atoms with Gasteiger partial charge < -0.3 is 9.80 Å². The lowest BCUT2D eigenvalue weighted by molar-refractivity contribution is -0.140. The van der Waals surface area contributed by atoms with Crippen LogP contribution in [0.1, 0.15) is 25.0 Å². The Hall–Kier alpha value is -3.38. The molecule has 1 atom stereocenters. The molecule has 180 valence electrons. The number of pyridine rings is 1. The normalized spacial score (nSPS) is 21.4. The van der Waals surface area contributed by atoms with Gasteiger partial charge in [-0.15, -0.1) is 0 Å². The predicted octanol–water partition coefficient (Wildman–Crippen LogP) is 3.53. The standard InChI is InChI=1S/C21H20F5N7O/c22-15(23)11-33-18-13(9-29-33)28-10-16(30-18)31-7-2-4-20(12-31)5-8-32(19(20)34)14-3-1-6-27-17(14)21(24,25)26/h1,3,6,9-10,15H,2,4-5,7-8,11-12H2. The first-order valence-corrected chi connectivity index (χ1v) is 10.7. The number of aromatic nitrogens is 5. The van der Waals surface area contributed by atoms with Crippen LogP contribution in [-0.4, -0.2) is 56.7 Å². The Morgan fingerprint density at radius 1 is 1.12 bits per heavy atom. The minimum Gasteiger partial charge on any atom is -0.354 e. The summed E-state index contributed by atoms with van der Waals surface area (Å²) in [5.74, 6) is 0.0266. The molecule has 2 aliphatic rings. The second-order valence-electron chi connectivity index (χ2n) is 8.54. The molecular weight excluding hydrogens is 461 g/mol.